The van der Waals surface area contributed by atoms with Crippen LogP contribution < -0.4 is 5.32 Å². The SMILES string of the molecule is CNCC=Cc1ccccc1N=[N+]=[N-]. The lowest BCUT2D eigenvalue weighted by atomic mass is 10.1. The number of hydrogen-bond acceptors (Lipinski definition) is 2. The zero-order chi connectivity index (χ0) is 10.2. The van der Waals surface area contributed by atoms with Crippen LogP contribution in [0.3, 0.4) is 0 Å². The van der Waals surface area contributed by atoms with Crippen LogP contribution in [0.1, 0.15) is 5.56 Å². The van der Waals surface area contributed by atoms with Crippen LogP contribution in [-0.2, 0) is 0 Å². The molecule has 0 atom stereocenters. The minimum Gasteiger partial charge on any atom is -0.316 e. The van der Waals surface area contributed by atoms with E-state index in [1.54, 1.807) is 6.07 Å². The number of nitrogens with zero attached hydrogens (tertiary/aromatic N) is 3. The van der Waals surface area contributed by atoms with Crippen molar-refractivity contribution >= 4 is 11.8 Å². The predicted octanol–water partition coefficient (Wildman–Crippen LogP) is 2.86. The van der Waals surface area contributed by atoms with Crippen molar-refractivity contribution in [1.82, 2.24) is 5.32 Å². The third-order valence-corrected chi connectivity index (χ3v) is 1.71. The summed E-state index contributed by atoms with van der Waals surface area (Å²) in [5.41, 5.74) is 9.92. The summed E-state index contributed by atoms with van der Waals surface area (Å²) in [7, 11) is 1.88. The summed E-state index contributed by atoms with van der Waals surface area (Å²) in [5.74, 6) is 0. The van der Waals surface area contributed by atoms with Gasteiger partial charge in [-0.3, -0.25) is 0 Å². The first-order valence-corrected chi connectivity index (χ1v) is 4.33. The molecule has 1 aromatic carbocycles. The third kappa shape index (κ3) is 2.94. The van der Waals surface area contributed by atoms with Crippen molar-refractivity contribution < 1.29 is 0 Å². The molecule has 0 fully saturated rings. The monoisotopic (exact) mass is 188 g/mol. The summed E-state index contributed by atoms with van der Waals surface area (Å²) < 4.78 is 0. The highest BCUT2D eigenvalue weighted by molar-refractivity contribution is 5.63. The van der Waals surface area contributed by atoms with Crippen molar-refractivity contribution in [2.45, 2.75) is 0 Å². The Morgan fingerprint density at radius 2 is 2.29 bits per heavy atom. The molecule has 0 radical (unpaired) electrons. The molecule has 14 heavy (non-hydrogen) atoms. The van der Waals surface area contributed by atoms with Gasteiger partial charge in [0.25, 0.3) is 0 Å². The fraction of sp³-hybridized carbons (Fsp3) is 0.200. The maximum absolute atomic E-state index is 8.34. The van der Waals surface area contributed by atoms with Gasteiger partial charge in [0.15, 0.2) is 0 Å². The lowest BCUT2D eigenvalue weighted by Crippen LogP contribution is -2.03. The molecular weight excluding hydrogens is 176 g/mol. The molecule has 4 heteroatoms. The molecule has 0 saturated carbocycles. The largest absolute Gasteiger partial charge is 0.316 e. The summed E-state index contributed by atoms with van der Waals surface area (Å²) in [4.78, 5) is 2.77. The second kappa shape index (κ2) is 5.80. The average Bonchev–Trinajstić information content (AvgIpc) is 2.21. The van der Waals surface area contributed by atoms with E-state index in [2.05, 4.69) is 15.3 Å². The summed E-state index contributed by atoms with van der Waals surface area (Å²) in [6.07, 6.45) is 3.91. The molecule has 1 N–H and O–H groups in total. The van der Waals surface area contributed by atoms with E-state index in [-0.39, 0.29) is 0 Å². The van der Waals surface area contributed by atoms with Crippen molar-refractivity contribution in [3.05, 3.63) is 46.3 Å². The van der Waals surface area contributed by atoms with Crippen LogP contribution in [0.25, 0.3) is 16.5 Å². The lowest BCUT2D eigenvalue weighted by Gasteiger charge is -1.97. The fourth-order valence-electron chi connectivity index (χ4n) is 1.07. The minimum atomic E-state index is 0.655. The molecule has 0 saturated heterocycles. The molecule has 72 valence electrons. The van der Waals surface area contributed by atoms with E-state index in [1.165, 1.54) is 0 Å². The minimum absolute atomic E-state index is 0.655. The summed E-state index contributed by atoms with van der Waals surface area (Å²) in [5, 5.41) is 6.59. The Hall–Kier alpha value is -1.77. The number of rotatable bonds is 4. The van der Waals surface area contributed by atoms with Crippen molar-refractivity contribution in [3.63, 3.8) is 0 Å². The Bertz CT molecular complexity index is 364. The highest BCUT2D eigenvalue weighted by atomic mass is 15.1. The summed E-state index contributed by atoms with van der Waals surface area (Å²) in [6.45, 7) is 0.796. The lowest BCUT2D eigenvalue weighted by molar-refractivity contribution is 0.922. The Balaban J connectivity index is 2.89. The first-order valence-electron chi connectivity index (χ1n) is 4.33. The van der Waals surface area contributed by atoms with Crippen molar-refractivity contribution in [1.29, 1.82) is 0 Å². The Kier molecular flexibility index (Phi) is 4.27. The maximum Gasteiger partial charge on any atom is 0.0447 e. The smallest absolute Gasteiger partial charge is 0.0447 e. The van der Waals surface area contributed by atoms with Gasteiger partial charge in [-0.2, -0.15) is 0 Å². The number of hydrogen-bond donors (Lipinski definition) is 1. The maximum atomic E-state index is 8.34. The molecule has 1 rings (SSSR count). The molecule has 0 aliphatic heterocycles. The van der Waals surface area contributed by atoms with Gasteiger partial charge in [-0.25, -0.2) is 0 Å². The molecule has 0 unspecified atom stereocenters. The second-order valence-electron chi connectivity index (χ2n) is 2.71. The van der Waals surface area contributed by atoms with Crippen LogP contribution >= 0.6 is 0 Å². The van der Waals surface area contributed by atoms with E-state index in [0.717, 1.165) is 12.1 Å². The Labute approximate surface area is 82.9 Å². The molecule has 1 aromatic rings. The van der Waals surface area contributed by atoms with E-state index < -0.39 is 0 Å². The first-order chi connectivity index (χ1) is 6.88. The van der Waals surface area contributed by atoms with Gasteiger partial charge in [0, 0.05) is 17.1 Å². The highest BCUT2D eigenvalue weighted by Gasteiger charge is 1.93. The van der Waals surface area contributed by atoms with Crippen LogP contribution in [0.4, 0.5) is 5.69 Å². The number of likely N-dealkylation sites (N-methyl/N-ethyl adjacent to an activating group) is 1. The van der Waals surface area contributed by atoms with Crippen LogP contribution in [0.5, 0.6) is 0 Å². The van der Waals surface area contributed by atoms with E-state index >= 15 is 0 Å². The topological polar surface area (TPSA) is 60.8 Å². The Morgan fingerprint density at radius 1 is 1.50 bits per heavy atom. The molecule has 0 aliphatic rings. The van der Waals surface area contributed by atoms with Gasteiger partial charge in [0.2, 0.25) is 0 Å². The molecular formula is C10H12N4. The van der Waals surface area contributed by atoms with Gasteiger partial charge < -0.3 is 5.32 Å². The first kappa shape index (κ1) is 10.3. The second-order valence-corrected chi connectivity index (χ2v) is 2.71. The molecule has 0 bridgehead atoms. The van der Waals surface area contributed by atoms with Gasteiger partial charge >= 0.3 is 0 Å². The fourth-order valence-corrected chi connectivity index (χ4v) is 1.07. The van der Waals surface area contributed by atoms with Crippen LogP contribution in [0.2, 0.25) is 0 Å². The standard InChI is InChI=1S/C10H12N4/c1-12-8-4-6-9-5-2-3-7-10(9)13-14-11/h2-7,12H,8H2,1H3. The summed E-state index contributed by atoms with van der Waals surface area (Å²) >= 11 is 0. The molecule has 4 nitrogen and oxygen atoms in total. The molecule has 0 spiro atoms. The number of benzene rings is 1. The Morgan fingerprint density at radius 3 is 3.00 bits per heavy atom. The molecule has 0 aliphatic carbocycles. The normalized spacial score (nSPS) is 10.1. The van der Waals surface area contributed by atoms with Gasteiger partial charge in [0.05, 0.1) is 0 Å². The van der Waals surface area contributed by atoms with Crippen molar-refractivity contribution in [2.24, 2.45) is 5.11 Å². The van der Waals surface area contributed by atoms with Crippen LogP contribution in [-0.4, -0.2) is 13.6 Å². The highest BCUT2D eigenvalue weighted by Crippen LogP contribution is 2.19. The van der Waals surface area contributed by atoms with E-state index in [0.29, 0.717) is 5.69 Å². The van der Waals surface area contributed by atoms with Crippen LogP contribution in [0, 0.1) is 0 Å². The van der Waals surface area contributed by atoms with Crippen LogP contribution in [0.15, 0.2) is 35.5 Å². The van der Waals surface area contributed by atoms with Gasteiger partial charge in [-0.1, -0.05) is 41.5 Å². The van der Waals surface area contributed by atoms with Gasteiger partial charge in [-0.05, 0) is 18.1 Å². The molecule has 0 amide bonds. The van der Waals surface area contributed by atoms with E-state index in [4.69, 9.17) is 5.53 Å². The van der Waals surface area contributed by atoms with Crippen molar-refractivity contribution in [2.75, 3.05) is 13.6 Å². The third-order valence-electron chi connectivity index (χ3n) is 1.71. The average molecular weight is 188 g/mol. The molecule has 0 heterocycles. The number of nitrogens with one attached hydrogen (secondary N) is 1. The van der Waals surface area contributed by atoms with E-state index in [1.807, 2.05) is 37.4 Å². The zero-order valence-corrected chi connectivity index (χ0v) is 8.01. The predicted molar refractivity (Wildman–Crippen MR) is 58.2 cm³/mol. The van der Waals surface area contributed by atoms with Gasteiger partial charge in [0.1, 0.15) is 0 Å². The van der Waals surface area contributed by atoms with E-state index in [9.17, 15) is 0 Å². The zero-order valence-electron chi connectivity index (χ0n) is 8.01. The van der Waals surface area contributed by atoms with Gasteiger partial charge in [-0.15, -0.1) is 0 Å². The quantitative estimate of drug-likeness (QED) is 0.440. The van der Waals surface area contributed by atoms with Crippen molar-refractivity contribution in [3.8, 4) is 0 Å². The molecule has 0 aromatic heterocycles. The number of azide groups is 1. The summed E-state index contributed by atoms with van der Waals surface area (Å²) in [6, 6.07) is 7.46.